The van der Waals surface area contributed by atoms with E-state index in [0.29, 0.717) is 42.0 Å². The Balaban J connectivity index is 1.44. The summed E-state index contributed by atoms with van der Waals surface area (Å²) < 4.78 is 5.89. The summed E-state index contributed by atoms with van der Waals surface area (Å²) in [5.74, 6) is 1.23. The minimum absolute atomic E-state index is 0.0829. The monoisotopic (exact) mass is 395 g/mol. The van der Waals surface area contributed by atoms with Crippen molar-refractivity contribution in [1.29, 1.82) is 0 Å². The number of carbonyl (C=O) groups excluding carboxylic acids is 2. The number of benzene rings is 1. The average Bonchev–Trinajstić information content (AvgIpc) is 3.30. The van der Waals surface area contributed by atoms with Crippen molar-refractivity contribution in [2.45, 2.75) is 13.8 Å². The Kier molecular flexibility index (Phi) is 5.09. The fourth-order valence-corrected chi connectivity index (χ4v) is 4.12. The highest BCUT2D eigenvalue weighted by molar-refractivity contribution is 8.18. The lowest BCUT2D eigenvalue weighted by molar-refractivity contribution is -0.130. The van der Waals surface area contributed by atoms with Crippen LogP contribution in [0.1, 0.15) is 18.2 Å². The number of aryl methyl sites for hydroxylation is 1. The van der Waals surface area contributed by atoms with Gasteiger partial charge in [0.15, 0.2) is 5.17 Å². The van der Waals surface area contributed by atoms with E-state index in [9.17, 15) is 9.59 Å². The molecule has 2 aliphatic heterocycles. The maximum atomic E-state index is 12.3. The molecule has 0 N–H and O–H groups in total. The van der Waals surface area contributed by atoms with Crippen molar-refractivity contribution in [3.8, 4) is 11.3 Å². The number of thioether (sulfide) groups is 1. The molecule has 2 amide bonds. The predicted octanol–water partition coefficient (Wildman–Crippen LogP) is 3.39. The first-order chi connectivity index (χ1) is 13.5. The fourth-order valence-electron chi connectivity index (χ4n) is 3.18. The maximum absolute atomic E-state index is 12.3. The van der Waals surface area contributed by atoms with Crippen LogP contribution in [0.2, 0.25) is 0 Å². The van der Waals surface area contributed by atoms with E-state index in [0.717, 1.165) is 11.3 Å². The molecular formula is C21H21N3O3S. The standard InChI is InChI=1S/C21H21N3O3S/c1-14-3-5-16(6-4-14)18-8-7-17(27-18)13-19-20(26)22-21(28-19)24-11-9-23(10-12-24)15(2)25/h3-8,13H,9-12H2,1-2H3/b19-13+. The second-order valence-electron chi connectivity index (χ2n) is 6.87. The smallest absolute Gasteiger partial charge is 0.286 e. The molecule has 1 aromatic carbocycles. The largest absolute Gasteiger partial charge is 0.457 e. The van der Waals surface area contributed by atoms with Crippen molar-refractivity contribution in [1.82, 2.24) is 9.80 Å². The lowest BCUT2D eigenvalue weighted by atomic mass is 10.1. The molecule has 7 heteroatoms. The van der Waals surface area contributed by atoms with E-state index in [1.807, 2.05) is 48.2 Å². The van der Waals surface area contributed by atoms with Crippen molar-refractivity contribution in [3.05, 3.63) is 52.6 Å². The van der Waals surface area contributed by atoms with Crippen molar-refractivity contribution in [2.75, 3.05) is 26.2 Å². The summed E-state index contributed by atoms with van der Waals surface area (Å²) in [7, 11) is 0. The van der Waals surface area contributed by atoms with Crippen LogP contribution >= 0.6 is 11.8 Å². The average molecular weight is 395 g/mol. The molecular weight excluding hydrogens is 374 g/mol. The number of piperazine rings is 1. The van der Waals surface area contributed by atoms with Crippen LogP contribution in [0.3, 0.4) is 0 Å². The van der Waals surface area contributed by atoms with E-state index in [1.165, 1.54) is 17.3 Å². The second-order valence-corrected chi connectivity index (χ2v) is 7.88. The highest BCUT2D eigenvalue weighted by Crippen LogP contribution is 2.32. The summed E-state index contributed by atoms with van der Waals surface area (Å²) in [5, 5.41) is 0.699. The second kappa shape index (κ2) is 7.67. The zero-order valence-corrected chi connectivity index (χ0v) is 16.7. The summed E-state index contributed by atoms with van der Waals surface area (Å²) in [4.78, 5) is 32.4. The Morgan fingerprint density at radius 2 is 1.82 bits per heavy atom. The molecule has 2 aromatic rings. The molecule has 0 spiro atoms. The molecule has 6 nitrogen and oxygen atoms in total. The summed E-state index contributed by atoms with van der Waals surface area (Å²) in [6.45, 7) is 6.30. The van der Waals surface area contributed by atoms with Gasteiger partial charge in [0.25, 0.3) is 5.91 Å². The lowest BCUT2D eigenvalue weighted by Crippen LogP contribution is -2.49. The highest BCUT2D eigenvalue weighted by Gasteiger charge is 2.29. The molecule has 0 aliphatic carbocycles. The van der Waals surface area contributed by atoms with Gasteiger partial charge in [-0.3, -0.25) is 9.59 Å². The molecule has 0 bridgehead atoms. The molecule has 0 saturated carbocycles. The first-order valence-corrected chi connectivity index (χ1v) is 10.0. The first kappa shape index (κ1) is 18.6. The minimum Gasteiger partial charge on any atom is -0.457 e. The van der Waals surface area contributed by atoms with Crippen molar-refractivity contribution in [3.63, 3.8) is 0 Å². The number of rotatable bonds is 2. The van der Waals surface area contributed by atoms with Crippen LogP contribution in [-0.2, 0) is 9.59 Å². The molecule has 4 rings (SSSR count). The molecule has 0 unspecified atom stereocenters. The number of aliphatic imine (C=N–C) groups is 1. The van der Waals surface area contributed by atoms with E-state index < -0.39 is 0 Å². The van der Waals surface area contributed by atoms with Gasteiger partial charge in [-0.2, -0.15) is 4.99 Å². The Labute approximate surface area is 167 Å². The van der Waals surface area contributed by atoms with E-state index in [2.05, 4.69) is 9.89 Å². The molecule has 0 atom stereocenters. The minimum atomic E-state index is -0.248. The van der Waals surface area contributed by atoms with Crippen LogP contribution in [-0.4, -0.2) is 53.0 Å². The lowest BCUT2D eigenvalue weighted by Gasteiger charge is -2.34. The number of nitrogens with zero attached hydrogens (tertiary/aromatic N) is 3. The van der Waals surface area contributed by atoms with Gasteiger partial charge in [-0.15, -0.1) is 0 Å². The molecule has 28 heavy (non-hydrogen) atoms. The number of hydrogen-bond acceptors (Lipinski definition) is 5. The summed E-state index contributed by atoms with van der Waals surface area (Å²) in [5.41, 5.74) is 2.19. The Bertz CT molecular complexity index is 967. The van der Waals surface area contributed by atoms with Crippen molar-refractivity contribution < 1.29 is 14.0 Å². The summed E-state index contributed by atoms with van der Waals surface area (Å²) >= 11 is 1.36. The van der Waals surface area contributed by atoms with Gasteiger partial charge in [-0.25, -0.2) is 0 Å². The molecule has 1 aromatic heterocycles. The third kappa shape index (κ3) is 3.89. The number of amidine groups is 1. The van der Waals surface area contributed by atoms with Crippen LogP contribution in [0.4, 0.5) is 0 Å². The number of amides is 2. The highest BCUT2D eigenvalue weighted by atomic mass is 32.2. The van der Waals surface area contributed by atoms with E-state index in [4.69, 9.17) is 4.42 Å². The molecule has 0 radical (unpaired) electrons. The topological polar surface area (TPSA) is 66.1 Å². The van der Waals surface area contributed by atoms with Gasteiger partial charge in [0, 0.05) is 44.7 Å². The maximum Gasteiger partial charge on any atom is 0.286 e. The first-order valence-electron chi connectivity index (χ1n) is 9.19. The molecule has 144 valence electrons. The van der Waals surface area contributed by atoms with Gasteiger partial charge in [-0.05, 0) is 30.8 Å². The Hall–Kier alpha value is -2.80. The van der Waals surface area contributed by atoms with E-state index in [-0.39, 0.29) is 11.8 Å². The summed E-state index contributed by atoms with van der Waals surface area (Å²) in [6, 6.07) is 11.9. The van der Waals surface area contributed by atoms with Gasteiger partial charge in [0.2, 0.25) is 5.91 Å². The third-order valence-electron chi connectivity index (χ3n) is 4.84. The van der Waals surface area contributed by atoms with Crippen molar-refractivity contribution in [2.24, 2.45) is 4.99 Å². The molecule has 1 saturated heterocycles. The number of furan rings is 1. The van der Waals surface area contributed by atoms with Gasteiger partial charge < -0.3 is 14.2 Å². The normalized spacial score (nSPS) is 18.7. The van der Waals surface area contributed by atoms with Gasteiger partial charge in [0.1, 0.15) is 11.5 Å². The molecule has 2 aliphatic rings. The van der Waals surface area contributed by atoms with Gasteiger partial charge in [-0.1, -0.05) is 29.8 Å². The van der Waals surface area contributed by atoms with Crippen LogP contribution in [0.5, 0.6) is 0 Å². The predicted molar refractivity (Wildman–Crippen MR) is 111 cm³/mol. The quantitative estimate of drug-likeness (QED) is 0.730. The van der Waals surface area contributed by atoms with Crippen LogP contribution in [0.15, 0.2) is 50.7 Å². The zero-order chi connectivity index (χ0) is 19.7. The zero-order valence-electron chi connectivity index (χ0n) is 15.8. The van der Waals surface area contributed by atoms with Gasteiger partial charge >= 0.3 is 0 Å². The summed E-state index contributed by atoms with van der Waals surface area (Å²) in [6.07, 6.45) is 1.74. The third-order valence-corrected chi connectivity index (χ3v) is 5.89. The van der Waals surface area contributed by atoms with Gasteiger partial charge in [0.05, 0.1) is 4.91 Å². The number of hydrogen-bond donors (Lipinski definition) is 0. The van der Waals surface area contributed by atoms with E-state index in [1.54, 1.807) is 13.0 Å². The Morgan fingerprint density at radius 1 is 1.11 bits per heavy atom. The molecule has 3 heterocycles. The Morgan fingerprint density at radius 3 is 2.50 bits per heavy atom. The van der Waals surface area contributed by atoms with E-state index >= 15 is 0 Å². The van der Waals surface area contributed by atoms with Crippen LogP contribution in [0, 0.1) is 6.92 Å². The van der Waals surface area contributed by atoms with Crippen LogP contribution < -0.4 is 0 Å². The SMILES string of the molecule is CC(=O)N1CCN(C2=NC(=O)/C(=C\c3ccc(-c4ccc(C)cc4)o3)S2)CC1. The van der Waals surface area contributed by atoms with Crippen molar-refractivity contribution >= 4 is 34.8 Å². The fraction of sp³-hybridized carbons (Fsp3) is 0.286. The number of carbonyl (C=O) groups is 2. The van der Waals surface area contributed by atoms with Crippen LogP contribution in [0.25, 0.3) is 17.4 Å². The molecule has 1 fully saturated rings.